The number of nitrogens with zero attached hydrogens (tertiary/aromatic N) is 4. The normalized spacial score (nSPS) is 12.9. The number of ether oxygens (including phenoxy) is 1. The van der Waals surface area contributed by atoms with Crippen molar-refractivity contribution in [3.63, 3.8) is 0 Å². The van der Waals surface area contributed by atoms with Gasteiger partial charge in [0.1, 0.15) is 5.75 Å². The van der Waals surface area contributed by atoms with Gasteiger partial charge in [0.15, 0.2) is 10.6 Å². The number of unbranched alkanes of at least 4 members (excludes halogenated alkanes) is 1. The number of benzene rings is 1. The van der Waals surface area contributed by atoms with Gasteiger partial charge in [0, 0.05) is 22.6 Å². The number of hydrogen-bond donors (Lipinski definition) is 0. The number of halogens is 1. The molecule has 27 heavy (non-hydrogen) atoms. The van der Waals surface area contributed by atoms with Crippen LogP contribution in [0.1, 0.15) is 51.0 Å². The number of aliphatic imine (C=N–C) groups is 1. The van der Waals surface area contributed by atoms with Crippen LogP contribution in [-0.2, 0) is 12.0 Å². The van der Waals surface area contributed by atoms with E-state index in [0.717, 1.165) is 24.2 Å². The second-order valence-corrected chi connectivity index (χ2v) is 8.61. The molecule has 0 radical (unpaired) electrons. The van der Waals surface area contributed by atoms with Crippen LogP contribution in [0.2, 0.25) is 5.02 Å². The highest BCUT2D eigenvalue weighted by atomic mass is 35.5. The second-order valence-electron chi connectivity index (χ2n) is 7.17. The summed E-state index contributed by atoms with van der Waals surface area (Å²) in [6.45, 7) is 9.56. The van der Waals surface area contributed by atoms with E-state index in [2.05, 4.69) is 43.5 Å². The molecule has 2 rings (SSSR count). The van der Waals surface area contributed by atoms with E-state index in [0.29, 0.717) is 22.2 Å². The van der Waals surface area contributed by atoms with Gasteiger partial charge in [-0.3, -0.25) is 0 Å². The number of aromatic nitrogens is 1. The second kappa shape index (κ2) is 9.20. The number of methoxy groups -OCH3 is 1. The lowest BCUT2D eigenvalue weighted by molar-refractivity contribution is 0.414. The van der Waals surface area contributed by atoms with E-state index in [1.165, 1.54) is 4.88 Å². The summed E-state index contributed by atoms with van der Waals surface area (Å²) in [5, 5.41) is 9.71. The Morgan fingerprint density at radius 3 is 2.70 bits per heavy atom. The summed E-state index contributed by atoms with van der Waals surface area (Å²) in [7, 11) is 1.57. The van der Waals surface area contributed by atoms with Gasteiger partial charge >= 0.3 is 0 Å². The molecule has 0 aliphatic carbocycles. The maximum Gasteiger partial charge on any atom is 0.207 e. The van der Waals surface area contributed by atoms with E-state index >= 15 is 0 Å². The molecule has 0 fully saturated rings. The Hall–Kier alpha value is -2.10. The molecular weight excluding hydrogens is 380 g/mol. The molecule has 144 valence electrons. The van der Waals surface area contributed by atoms with Crippen LogP contribution >= 0.6 is 22.9 Å². The number of rotatable bonds is 5. The van der Waals surface area contributed by atoms with E-state index in [-0.39, 0.29) is 5.41 Å². The van der Waals surface area contributed by atoms with Crippen molar-refractivity contribution in [3.8, 4) is 11.9 Å². The van der Waals surface area contributed by atoms with Crippen LogP contribution in [0.15, 0.2) is 34.4 Å². The molecule has 5 nitrogen and oxygen atoms in total. The van der Waals surface area contributed by atoms with Crippen LogP contribution in [-0.4, -0.2) is 17.5 Å². The molecule has 0 unspecified atom stereocenters. The topological polar surface area (TPSA) is 62.7 Å². The molecule has 0 amide bonds. The standard InChI is InChI=1S/C20H25ClN4OS/c1-6-7-10-25-12-17(20(2,3)4)27-19(25)24-18(23-13-22)15-11-14(21)8-9-16(15)26-5/h8-9,11-12H,6-7,10H2,1-5H3. The molecule has 0 aliphatic rings. The van der Waals surface area contributed by atoms with Gasteiger partial charge in [0.25, 0.3) is 0 Å². The van der Waals surface area contributed by atoms with Crippen molar-refractivity contribution in [3.05, 3.63) is 44.7 Å². The third kappa shape index (κ3) is 5.44. The first-order valence-corrected chi connectivity index (χ1v) is 10.1. The Bertz CT molecular complexity index is 929. The van der Waals surface area contributed by atoms with Gasteiger partial charge in [0.05, 0.1) is 12.7 Å². The third-order valence-corrected chi connectivity index (χ3v) is 5.65. The predicted molar refractivity (Wildman–Crippen MR) is 112 cm³/mol. The first-order valence-electron chi connectivity index (χ1n) is 8.86. The van der Waals surface area contributed by atoms with Crippen molar-refractivity contribution in [1.29, 1.82) is 5.26 Å². The van der Waals surface area contributed by atoms with Gasteiger partial charge in [0.2, 0.25) is 6.19 Å². The minimum atomic E-state index is 0.0205. The molecule has 2 aromatic rings. The molecule has 0 saturated carbocycles. The smallest absolute Gasteiger partial charge is 0.207 e. The molecule has 0 bridgehead atoms. The maximum atomic E-state index is 9.18. The zero-order valence-corrected chi connectivity index (χ0v) is 18.0. The summed E-state index contributed by atoms with van der Waals surface area (Å²) >= 11 is 7.76. The summed E-state index contributed by atoms with van der Waals surface area (Å²) in [5.74, 6) is 0.870. The van der Waals surface area contributed by atoms with Crippen LogP contribution in [0.5, 0.6) is 5.75 Å². The molecule has 0 aliphatic heterocycles. The zero-order valence-electron chi connectivity index (χ0n) is 16.4. The maximum absolute atomic E-state index is 9.18. The van der Waals surface area contributed by atoms with Gasteiger partial charge < -0.3 is 9.30 Å². The fourth-order valence-corrected chi connectivity index (χ4v) is 3.69. The van der Waals surface area contributed by atoms with Crippen molar-refractivity contribution < 1.29 is 4.74 Å². The molecule has 7 heteroatoms. The van der Waals surface area contributed by atoms with Gasteiger partial charge in [-0.25, -0.2) is 0 Å². The quantitative estimate of drug-likeness (QED) is 0.393. The first-order chi connectivity index (χ1) is 12.8. The molecule has 0 atom stereocenters. The summed E-state index contributed by atoms with van der Waals surface area (Å²) in [4.78, 5) is 10.7. The third-order valence-electron chi connectivity index (χ3n) is 3.97. The fourth-order valence-electron chi connectivity index (χ4n) is 2.44. The zero-order chi connectivity index (χ0) is 20.0. The number of thiazole rings is 1. The first kappa shape index (κ1) is 21.2. The molecule has 1 aromatic carbocycles. The van der Waals surface area contributed by atoms with Crippen LogP contribution in [0, 0.1) is 11.5 Å². The highest BCUT2D eigenvalue weighted by Crippen LogP contribution is 2.26. The lowest BCUT2D eigenvalue weighted by Crippen LogP contribution is -2.17. The molecule has 1 heterocycles. The lowest BCUT2D eigenvalue weighted by atomic mass is 9.95. The van der Waals surface area contributed by atoms with Crippen molar-refractivity contribution in [1.82, 2.24) is 4.57 Å². The van der Waals surface area contributed by atoms with Gasteiger partial charge in [-0.1, -0.05) is 45.7 Å². The average Bonchev–Trinajstić information content (AvgIpc) is 3.02. The largest absolute Gasteiger partial charge is 0.496 e. The lowest BCUT2D eigenvalue weighted by Gasteiger charge is -2.14. The van der Waals surface area contributed by atoms with Crippen LogP contribution in [0.25, 0.3) is 0 Å². The van der Waals surface area contributed by atoms with Crippen molar-refractivity contribution in [2.24, 2.45) is 9.98 Å². The van der Waals surface area contributed by atoms with Gasteiger partial charge in [-0.15, -0.1) is 11.3 Å². The van der Waals surface area contributed by atoms with Gasteiger partial charge in [-0.2, -0.15) is 15.2 Å². The molecule has 0 N–H and O–H groups in total. The van der Waals surface area contributed by atoms with Crippen LogP contribution in [0.4, 0.5) is 0 Å². The molecule has 0 saturated heterocycles. The van der Waals surface area contributed by atoms with Crippen molar-refractivity contribution in [2.75, 3.05) is 7.11 Å². The van der Waals surface area contributed by atoms with Gasteiger partial charge in [-0.05, 0) is 30.0 Å². The Morgan fingerprint density at radius 1 is 1.37 bits per heavy atom. The number of amidine groups is 1. The summed E-state index contributed by atoms with van der Waals surface area (Å²) in [5.41, 5.74) is 0.617. The predicted octanol–water partition coefficient (Wildman–Crippen LogP) is 5.14. The molecule has 1 aromatic heterocycles. The Kier molecular flexibility index (Phi) is 7.23. The SMILES string of the molecule is CCCCn1cc(C(C)(C)C)sc1=NC(=NC#N)c1cc(Cl)ccc1OC. The van der Waals surface area contributed by atoms with Crippen LogP contribution < -0.4 is 9.54 Å². The summed E-state index contributed by atoms with van der Waals surface area (Å²) < 4.78 is 7.55. The van der Waals surface area contributed by atoms with E-state index in [4.69, 9.17) is 21.3 Å². The van der Waals surface area contributed by atoms with Crippen LogP contribution in [0.3, 0.4) is 0 Å². The number of nitriles is 1. The minimum absolute atomic E-state index is 0.0205. The Labute approximate surface area is 169 Å². The monoisotopic (exact) mass is 404 g/mol. The summed E-state index contributed by atoms with van der Waals surface area (Å²) in [6.07, 6.45) is 6.15. The number of hydrogen-bond acceptors (Lipinski definition) is 4. The number of aryl methyl sites for hydroxylation is 1. The Morgan fingerprint density at radius 2 is 2.11 bits per heavy atom. The van der Waals surface area contributed by atoms with Crippen molar-refractivity contribution in [2.45, 2.75) is 52.5 Å². The average molecular weight is 405 g/mol. The molecular formula is C20H25ClN4OS. The molecule has 0 spiro atoms. The van der Waals surface area contributed by atoms with E-state index < -0.39 is 0 Å². The highest BCUT2D eigenvalue weighted by molar-refractivity contribution is 7.09. The fraction of sp³-hybridized carbons (Fsp3) is 0.450. The van der Waals surface area contributed by atoms with Crippen molar-refractivity contribution >= 4 is 28.8 Å². The highest BCUT2D eigenvalue weighted by Gasteiger charge is 2.18. The summed E-state index contributed by atoms with van der Waals surface area (Å²) in [6, 6.07) is 5.20. The Balaban J connectivity index is 2.66. The van der Waals surface area contributed by atoms with E-state index in [9.17, 15) is 5.26 Å². The van der Waals surface area contributed by atoms with E-state index in [1.54, 1.807) is 36.6 Å². The van der Waals surface area contributed by atoms with E-state index in [1.807, 2.05) is 6.19 Å². The minimum Gasteiger partial charge on any atom is -0.496 e.